The van der Waals surface area contributed by atoms with Gasteiger partial charge in [-0.3, -0.25) is 5.10 Å². The van der Waals surface area contributed by atoms with E-state index in [1.54, 1.807) is 20.0 Å². The van der Waals surface area contributed by atoms with Crippen LogP contribution in [0.2, 0.25) is 0 Å². The number of ether oxygens (including phenoxy) is 1. The average Bonchev–Trinajstić information content (AvgIpc) is 2.95. The Morgan fingerprint density at radius 1 is 1.35 bits per heavy atom. The van der Waals surface area contributed by atoms with Gasteiger partial charge in [-0.25, -0.2) is 13.2 Å². The molecule has 0 aliphatic carbocycles. The van der Waals surface area contributed by atoms with Gasteiger partial charge in [0, 0.05) is 49.4 Å². The third kappa shape index (κ3) is 4.76. The van der Waals surface area contributed by atoms with E-state index in [1.807, 2.05) is 11.9 Å². The Bertz CT molecular complexity index is 741. The molecule has 0 saturated heterocycles. The standard InChI is InChI=1S/C18H25F3N4O/c1-11(2)26-15-8-13(18(3,20)21)7-14(16(15)19)17-12(9-23-24-17)10-25(4)6-5-22/h7-9,11H,5-6,10,22H2,1-4H3,(H,23,24). The molecular weight excluding hydrogens is 345 g/mol. The fourth-order valence-electron chi connectivity index (χ4n) is 2.62. The molecule has 0 saturated carbocycles. The zero-order chi connectivity index (χ0) is 19.5. The summed E-state index contributed by atoms with van der Waals surface area (Å²) in [6, 6.07) is 2.18. The molecule has 1 heterocycles. The summed E-state index contributed by atoms with van der Waals surface area (Å²) in [5, 5.41) is 6.77. The highest BCUT2D eigenvalue weighted by molar-refractivity contribution is 5.67. The summed E-state index contributed by atoms with van der Waals surface area (Å²) in [6.07, 6.45) is 1.27. The second kappa shape index (κ2) is 8.09. The van der Waals surface area contributed by atoms with Crippen LogP contribution in [0.15, 0.2) is 18.3 Å². The monoisotopic (exact) mass is 370 g/mol. The van der Waals surface area contributed by atoms with Gasteiger partial charge in [0.2, 0.25) is 0 Å². The quantitative estimate of drug-likeness (QED) is 0.746. The highest BCUT2D eigenvalue weighted by Gasteiger charge is 2.29. The summed E-state index contributed by atoms with van der Waals surface area (Å²) in [6.45, 7) is 5.75. The highest BCUT2D eigenvalue weighted by Crippen LogP contribution is 2.38. The van der Waals surface area contributed by atoms with E-state index in [2.05, 4.69) is 10.2 Å². The number of nitrogens with two attached hydrogens (primary N) is 1. The molecule has 2 aromatic rings. The molecule has 0 aliphatic heterocycles. The summed E-state index contributed by atoms with van der Waals surface area (Å²) in [5.74, 6) is -4.05. The second-order valence-corrected chi connectivity index (χ2v) is 6.68. The molecule has 144 valence electrons. The van der Waals surface area contributed by atoms with E-state index < -0.39 is 11.7 Å². The number of alkyl halides is 2. The van der Waals surface area contributed by atoms with Gasteiger partial charge in [0.25, 0.3) is 5.92 Å². The number of rotatable bonds is 8. The van der Waals surface area contributed by atoms with Crippen molar-refractivity contribution in [3.8, 4) is 17.0 Å². The lowest BCUT2D eigenvalue weighted by molar-refractivity contribution is 0.0170. The van der Waals surface area contributed by atoms with Crippen molar-refractivity contribution >= 4 is 0 Å². The third-order valence-electron chi connectivity index (χ3n) is 3.83. The lowest BCUT2D eigenvalue weighted by Gasteiger charge is -2.19. The summed E-state index contributed by atoms with van der Waals surface area (Å²) in [5.41, 5.74) is 6.17. The van der Waals surface area contributed by atoms with Crippen molar-refractivity contribution in [2.75, 3.05) is 20.1 Å². The van der Waals surface area contributed by atoms with E-state index in [-0.39, 0.29) is 28.7 Å². The van der Waals surface area contributed by atoms with Crippen LogP contribution in [0.25, 0.3) is 11.3 Å². The molecule has 0 unspecified atom stereocenters. The van der Waals surface area contributed by atoms with Crippen molar-refractivity contribution < 1.29 is 17.9 Å². The lowest BCUT2D eigenvalue weighted by atomic mass is 10.0. The zero-order valence-electron chi connectivity index (χ0n) is 15.4. The Hall–Kier alpha value is -2.06. The lowest BCUT2D eigenvalue weighted by Crippen LogP contribution is -2.25. The van der Waals surface area contributed by atoms with Crippen LogP contribution >= 0.6 is 0 Å². The number of nitrogens with one attached hydrogen (secondary N) is 1. The number of halogens is 3. The molecule has 0 aliphatic rings. The van der Waals surface area contributed by atoms with Gasteiger partial charge in [0.15, 0.2) is 11.6 Å². The van der Waals surface area contributed by atoms with Crippen LogP contribution < -0.4 is 10.5 Å². The number of nitrogens with zero attached hydrogens (tertiary/aromatic N) is 2. The molecule has 0 bridgehead atoms. The minimum absolute atomic E-state index is 0.0166. The molecule has 0 radical (unpaired) electrons. The fraction of sp³-hybridized carbons (Fsp3) is 0.500. The van der Waals surface area contributed by atoms with Crippen LogP contribution in [0.5, 0.6) is 5.75 Å². The number of hydrogen-bond donors (Lipinski definition) is 2. The number of hydrogen-bond acceptors (Lipinski definition) is 4. The molecule has 0 amide bonds. The predicted octanol–water partition coefficient (Wildman–Crippen LogP) is 3.51. The maximum absolute atomic E-state index is 15.0. The van der Waals surface area contributed by atoms with Gasteiger partial charge in [-0.05, 0) is 33.0 Å². The Labute approximate surface area is 151 Å². The zero-order valence-corrected chi connectivity index (χ0v) is 15.4. The van der Waals surface area contributed by atoms with Gasteiger partial charge in [-0.1, -0.05) is 0 Å². The van der Waals surface area contributed by atoms with Gasteiger partial charge in [0.05, 0.1) is 11.8 Å². The summed E-state index contributed by atoms with van der Waals surface area (Å²) >= 11 is 0. The van der Waals surface area contributed by atoms with Crippen LogP contribution in [-0.4, -0.2) is 41.3 Å². The molecule has 0 fully saturated rings. The van der Waals surface area contributed by atoms with Crippen molar-refractivity contribution in [3.05, 3.63) is 35.3 Å². The Balaban J connectivity index is 2.54. The van der Waals surface area contributed by atoms with Crippen LogP contribution in [0.3, 0.4) is 0 Å². The third-order valence-corrected chi connectivity index (χ3v) is 3.83. The molecule has 5 nitrogen and oxygen atoms in total. The van der Waals surface area contributed by atoms with Crippen molar-refractivity contribution in [2.24, 2.45) is 5.73 Å². The molecule has 26 heavy (non-hydrogen) atoms. The van der Waals surface area contributed by atoms with Gasteiger partial charge < -0.3 is 15.4 Å². The first-order chi connectivity index (χ1) is 12.1. The van der Waals surface area contributed by atoms with Gasteiger partial charge in [-0.2, -0.15) is 5.10 Å². The molecule has 8 heteroatoms. The minimum atomic E-state index is -3.13. The van der Waals surface area contributed by atoms with Crippen molar-refractivity contribution in [3.63, 3.8) is 0 Å². The van der Waals surface area contributed by atoms with E-state index in [1.165, 1.54) is 0 Å². The van der Waals surface area contributed by atoms with E-state index in [0.717, 1.165) is 19.1 Å². The van der Waals surface area contributed by atoms with E-state index in [0.29, 0.717) is 25.2 Å². The molecule has 0 atom stereocenters. The minimum Gasteiger partial charge on any atom is -0.488 e. The topological polar surface area (TPSA) is 67.2 Å². The smallest absolute Gasteiger partial charge is 0.270 e. The molecule has 1 aromatic heterocycles. The Morgan fingerprint density at radius 3 is 2.62 bits per heavy atom. The first kappa shape index (κ1) is 20.3. The second-order valence-electron chi connectivity index (χ2n) is 6.68. The molecule has 2 rings (SSSR count). The number of aromatic amines is 1. The maximum atomic E-state index is 15.0. The SMILES string of the molecule is CC(C)Oc1cc(C(C)(F)F)cc(-c2n[nH]cc2CN(C)CCN)c1F. The molecule has 0 spiro atoms. The summed E-state index contributed by atoms with van der Waals surface area (Å²) in [4.78, 5) is 1.94. The number of aromatic nitrogens is 2. The van der Waals surface area contributed by atoms with Crippen LogP contribution in [-0.2, 0) is 12.5 Å². The van der Waals surface area contributed by atoms with E-state index >= 15 is 0 Å². The van der Waals surface area contributed by atoms with Crippen molar-refractivity contribution in [1.82, 2.24) is 15.1 Å². The summed E-state index contributed by atoms with van der Waals surface area (Å²) in [7, 11) is 1.86. The Morgan fingerprint density at radius 2 is 2.04 bits per heavy atom. The first-order valence-corrected chi connectivity index (χ1v) is 8.43. The molecular formula is C18H25F3N4O. The normalized spacial score (nSPS) is 12.2. The largest absolute Gasteiger partial charge is 0.488 e. The van der Waals surface area contributed by atoms with Gasteiger partial charge in [0.1, 0.15) is 0 Å². The van der Waals surface area contributed by atoms with Crippen LogP contribution in [0, 0.1) is 5.82 Å². The first-order valence-electron chi connectivity index (χ1n) is 8.43. The number of likely N-dealkylation sites (N-methyl/N-ethyl adjacent to an activating group) is 1. The number of benzene rings is 1. The van der Waals surface area contributed by atoms with Crippen molar-refractivity contribution in [1.29, 1.82) is 0 Å². The average molecular weight is 370 g/mol. The van der Waals surface area contributed by atoms with Gasteiger partial charge >= 0.3 is 0 Å². The predicted molar refractivity (Wildman–Crippen MR) is 94.7 cm³/mol. The van der Waals surface area contributed by atoms with E-state index in [9.17, 15) is 13.2 Å². The highest BCUT2D eigenvalue weighted by atomic mass is 19.3. The van der Waals surface area contributed by atoms with E-state index in [4.69, 9.17) is 10.5 Å². The van der Waals surface area contributed by atoms with Crippen LogP contribution in [0.1, 0.15) is 31.9 Å². The number of H-pyrrole nitrogens is 1. The molecule has 1 aromatic carbocycles. The molecule has 3 N–H and O–H groups in total. The maximum Gasteiger partial charge on any atom is 0.270 e. The van der Waals surface area contributed by atoms with Crippen LogP contribution in [0.4, 0.5) is 13.2 Å². The summed E-state index contributed by atoms with van der Waals surface area (Å²) < 4.78 is 48.2. The van der Waals surface area contributed by atoms with Gasteiger partial charge in [-0.15, -0.1) is 0 Å². The fourth-order valence-corrected chi connectivity index (χ4v) is 2.62. The Kier molecular flexibility index (Phi) is 6.30. The van der Waals surface area contributed by atoms with Crippen molar-refractivity contribution in [2.45, 2.75) is 39.3 Å².